The third-order valence-electron chi connectivity index (χ3n) is 5.37. The van der Waals surface area contributed by atoms with Gasteiger partial charge in [-0.2, -0.15) is 0 Å². The van der Waals surface area contributed by atoms with E-state index in [1.54, 1.807) is 24.3 Å². The monoisotopic (exact) mass is 424 g/mol. The van der Waals surface area contributed by atoms with Gasteiger partial charge < -0.3 is 4.90 Å². The summed E-state index contributed by atoms with van der Waals surface area (Å²) in [5.74, 6) is -0.460. The largest absolute Gasteiger partial charge is 0.338 e. The van der Waals surface area contributed by atoms with E-state index in [2.05, 4.69) is 20.9 Å². The molecule has 4 rings (SSSR count). The molecule has 1 fully saturated rings. The Morgan fingerprint density at radius 1 is 0.742 bits per heavy atom. The van der Waals surface area contributed by atoms with Gasteiger partial charge in [0.1, 0.15) is 11.6 Å². The fraction of sp³-hybridized carbons (Fsp3) is 0.250. The SMILES string of the molecule is Fc1ccc(C(=CCCN2CCN(c3ncc(F)cn3)CC2)c2ccc(F)cc2)cc1. The van der Waals surface area contributed by atoms with Gasteiger partial charge in [0.2, 0.25) is 5.95 Å². The molecular formula is C24H23F3N4. The standard InChI is InChI=1S/C24H23F3N4/c25-20-7-3-18(4-8-20)23(19-5-9-21(26)10-6-19)2-1-11-30-12-14-31(15-13-30)24-28-16-22(27)17-29-24/h2-10,16-17H,1,11-15H2. The maximum Gasteiger partial charge on any atom is 0.225 e. The Morgan fingerprint density at radius 3 is 1.77 bits per heavy atom. The van der Waals surface area contributed by atoms with E-state index in [4.69, 9.17) is 0 Å². The van der Waals surface area contributed by atoms with Crippen molar-refractivity contribution >= 4 is 11.5 Å². The van der Waals surface area contributed by atoms with Crippen LogP contribution in [0.3, 0.4) is 0 Å². The van der Waals surface area contributed by atoms with E-state index >= 15 is 0 Å². The van der Waals surface area contributed by atoms with Crippen LogP contribution >= 0.6 is 0 Å². The van der Waals surface area contributed by atoms with Crippen LogP contribution < -0.4 is 4.90 Å². The van der Waals surface area contributed by atoms with Crippen LogP contribution in [0.5, 0.6) is 0 Å². The van der Waals surface area contributed by atoms with Gasteiger partial charge in [-0.15, -0.1) is 0 Å². The smallest absolute Gasteiger partial charge is 0.225 e. The molecule has 0 spiro atoms. The van der Waals surface area contributed by atoms with Gasteiger partial charge in [0.15, 0.2) is 5.82 Å². The van der Waals surface area contributed by atoms with E-state index in [0.717, 1.165) is 55.8 Å². The second kappa shape index (κ2) is 9.75. The summed E-state index contributed by atoms with van der Waals surface area (Å²) < 4.78 is 39.7. The Hall–Kier alpha value is -3.19. The van der Waals surface area contributed by atoms with Gasteiger partial charge in [0.05, 0.1) is 12.4 Å². The second-order valence-corrected chi connectivity index (χ2v) is 7.45. The highest BCUT2D eigenvalue weighted by Gasteiger charge is 2.18. The third kappa shape index (κ3) is 5.49. The molecule has 0 unspecified atom stereocenters. The highest BCUT2D eigenvalue weighted by molar-refractivity contribution is 5.79. The van der Waals surface area contributed by atoms with Gasteiger partial charge in [-0.3, -0.25) is 4.90 Å². The Bertz CT molecular complexity index is 963. The lowest BCUT2D eigenvalue weighted by molar-refractivity contribution is 0.261. The molecule has 0 radical (unpaired) electrons. The van der Waals surface area contributed by atoms with E-state index in [-0.39, 0.29) is 11.6 Å². The van der Waals surface area contributed by atoms with Crippen LogP contribution in [0.15, 0.2) is 67.0 Å². The molecule has 1 aliphatic heterocycles. The Labute approximate surface area is 179 Å². The number of anilines is 1. The summed E-state index contributed by atoms with van der Waals surface area (Å²) in [4.78, 5) is 12.5. The van der Waals surface area contributed by atoms with E-state index in [1.807, 2.05) is 4.90 Å². The summed E-state index contributed by atoms with van der Waals surface area (Å²) in [5.41, 5.74) is 2.75. The van der Waals surface area contributed by atoms with Gasteiger partial charge in [-0.1, -0.05) is 30.3 Å². The van der Waals surface area contributed by atoms with Crippen LogP contribution in [0.4, 0.5) is 19.1 Å². The Morgan fingerprint density at radius 2 is 1.26 bits per heavy atom. The lowest BCUT2D eigenvalue weighted by Crippen LogP contribution is -2.47. The molecular weight excluding hydrogens is 401 g/mol. The average Bonchev–Trinajstić information content (AvgIpc) is 2.79. The molecule has 0 saturated carbocycles. The number of halogens is 3. The number of piperazine rings is 1. The van der Waals surface area contributed by atoms with Gasteiger partial charge in [-0.25, -0.2) is 23.1 Å². The highest BCUT2D eigenvalue weighted by Crippen LogP contribution is 2.25. The third-order valence-corrected chi connectivity index (χ3v) is 5.37. The molecule has 0 amide bonds. The average molecular weight is 424 g/mol. The van der Waals surface area contributed by atoms with Crippen LogP contribution in [0.25, 0.3) is 5.57 Å². The molecule has 1 aliphatic rings. The molecule has 1 saturated heterocycles. The molecule has 160 valence electrons. The van der Waals surface area contributed by atoms with E-state index in [1.165, 1.54) is 36.7 Å². The first-order valence-electron chi connectivity index (χ1n) is 10.3. The van der Waals surface area contributed by atoms with Crippen molar-refractivity contribution in [3.63, 3.8) is 0 Å². The first-order chi connectivity index (χ1) is 15.1. The summed E-state index contributed by atoms with van der Waals surface area (Å²) in [6.07, 6.45) is 5.30. The Kier molecular flexibility index (Phi) is 6.62. The first-order valence-corrected chi connectivity index (χ1v) is 10.3. The first kappa shape index (κ1) is 21.1. The van der Waals surface area contributed by atoms with E-state index in [0.29, 0.717) is 5.95 Å². The van der Waals surface area contributed by atoms with Gasteiger partial charge in [0, 0.05) is 32.7 Å². The predicted octanol–water partition coefficient (Wildman–Crippen LogP) is 4.54. The molecule has 7 heteroatoms. The van der Waals surface area contributed by atoms with Crippen LogP contribution in [-0.2, 0) is 0 Å². The summed E-state index contributed by atoms with van der Waals surface area (Å²) in [6.45, 7) is 4.13. The fourth-order valence-corrected chi connectivity index (χ4v) is 3.69. The zero-order valence-electron chi connectivity index (χ0n) is 17.0. The summed E-state index contributed by atoms with van der Waals surface area (Å²) in [7, 11) is 0. The number of nitrogens with zero attached hydrogens (tertiary/aromatic N) is 4. The van der Waals surface area contributed by atoms with Gasteiger partial charge >= 0.3 is 0 Å². The Balaban J connectivity index is 1.39. The minimum Gasteiger partial charge on any atom is -0.338 e. The molecule has 2 aromatic carbocycles. The minimum atomic E-state index is -0.438. The fourth-order valence-electron chi connectivity index (χ4n) is 3.69. The van der Waals surface area contributed by atoms with Crippen molar-refractivity contribution in [2.45, 2.75) is 6.42 Å². The minimum absolute atomic E-state index is 0.287. The number of aromatic nitrogens is 2. The number of rotatable bonds is 6. The summed E-state index contributed by atoms with van der Waals surface area (Å²) in [6, 6.07) is 12.7. The summed E-state index contributed by atoms with van der Waals surface area (Å²) in [5, 5.41) is 0. The quantitative estimate of drug-likeness (QED) is 0.582. The van der Waals surface area contributed by atoms with Crippen LogP contribution in [-0.4, -0.2) is 47.6 Å². The number of hydrogen-bond acceptors (Lipinski definition) is 4. The van der Waals surface area contributed by atoms with Crippen molar-refractivity contribution in [2.75, 3.05) is 37.6 Å². The van der Waals surface area contributed by atoms with Crippen molar-refractivity contribution in [1.29, 1.82) is 0 Å². The molecule has 31 heavy (non-hydrogen) atoms. The number of benzene rings is 2. The predicted molar refractivity (Wildman–Crippen MR) is 115 cm³/mol. The normalized spacial score (nSPS) is 14.5. The zero-order valence-corrected chi connectivity index (χ0v) is 17.0. The zero-order chi connectivity index (χ0) is 21.6. The van der Waals surface area contributed by atoms with Gasteiger partial charge in [-0.05, 0) is 47.4 Å². The highest BCUT2D eigenvalue weighted by atomic mass is 19.1. The van der Waals surface area contributed by atoms with E-state index < -0.39 is 5.82 Å². The van der Waals surface area contributed by atoms with E-state index in [9.17, 15) is 13.2 Å². The molecule has 0 atom stereocenters. The lowest BCUT2D eigenvalue weighted by atomic mass is 9.96. The molecule has 1 aromatic heterocycles. The van der Waals surface area contributed by atoms with Crippen molar-refractivity contribution in [2.24, 2.45) is 0 Å². The molecule has 4 nitrogen and oxygen atoms in total. The molecule has 0 aliphatic carbocycles. The second-order valence-electron chi connectivity index (χ2n) is 7.45. The van der Waals surface area contributed by atoms with Crippen LogP contribution in [0, 0.1) is 17.5 Å². The molecule has 0 bridgehead atoms. The van der Waals surface area contributed by atoms with Crippen LogP contribution in [0.1, 0.15) is 17.5 Å². The maximum atomic E-state index is 13.4. The lowest BCUT2D eigenvalue weighted by Gasteiger charge is -2.34. The van der Waals surface area contributed by atoms with Crippen molar-refractivity contribution in [3.05, 3.63) is 95.6 Å². The van der Waals surface area contributed by atoms with Gasteiger partial charge in [0.25, 0.3) is 0 Å². The van der Waals surface area contributed by atoms with Crippen molar-refractivity contribution < 1.29 is 13.2 Å². The maximum absolute atomic E-state index is 13.4. The topological polar surface area (TPSA) is 32.3 Å². The van der Waals surface area contributed by atoms with Crippen molar-refractivity contribution in [1.82, 2.24) is 14.9 Å². The van der Waals surface area contributed by atoms with Crippen LogP contribution in [0.2, 0.25) is 0 Å². The number of hydrogen-bond donors (Lipinski definition) is 0. The van der Waals surface area contributed by atoms with Crippen molar-refractivity contribution in [3.8, 4) is 0 Å². The molecule has 3 aromatic rings. The summed E-state index contributed by atoms with van der Waals surface area (Å²) >= 11 is 0. The molecule has 0 N–H and O–H groups in total. The molecule has 2 heterocycles.